The van der Waals surface area contributed by atoms with Crippen molar-refractivity contribution in [3.8, 4) is 0 Å². The predicted molar refractivity (Wildman–Crippen MR) is 74.4 cm³/mol. The first kappa shape index (κ1) is 15.3. The molecule has 0 bridgehead atoms. The van der Waals surface area contributed by atoms with Gasteiger partial charge in [-0.15, -0.1) is 0 Å². The van der Waals surface area contributed by atoms with Crippen LogP contribution in [-0.4, -0.2) is 4.92 Å². The Balaban J connectivity index is 2.32. The quantitative estimate of drug-likeness (QED) is 0.649. The van der Waals surface area contributed by atoms with Gasteiger partial charge in [-0.2, -0.15) is 0 Å². The molecule has 110 valence electrons. The molecule has 0 fully saturated rings. The Hall–Kier alpha value is -2.09. The van der Waals surface area contributed by atoms with E-state index >= 15 is 0 Å². The van der Waals surface area contributed by atoms with Gasteiger partial charge in [0.1, 0.15) is 17.3 Å². The molecular weight excluding hydrogens is 353 g/mol. The zero-order valence-electron chi connectivity index (χ0n) is 10.4. The highest BCUT2D eigenvalue weighted by Gasteiger charge is 2.20. The summed E-state index contributed by atoms with van der Waals surface area (Å²) in [5.74, 6) is -2.72. The average Bonchev–Trinajstić information content (AvgIpc) is 2.40. The van der Waals surface area contributed by atoms with Crippen LogP contribution in [0.5, 0.6) is 0 Å². The Morgan fingerprint density at radius 2 is 1.86 bits per heavy atom. The number of rotatable bonds is 4. The zero-order valence-corrected chi connectivity index (χ0v) is 12.0. The van der Waals surface area contributed by atoms with Crippen molar-refractivity contribution < 1.29 is 18.1 Å². The minimum atomic E-state index is -1.11. The van der Waals surface area contributed by atoms with Crippen molar-refractivity contribution in [2.45, 2.75) is 6.54 Å². The van der Waals surface area contributed by atoms with Crippen LogP contribution in [0.1, 0.15) is 5.56 Å². The van der Waals surface area contributed by atoms with Crippen molar-refractivity contribution in [2.24, 2.45) is 0 Å². The highest BCUT2D eigenvalue weighted by atomic mass is 79.9. The van der Waals surface area contributed by atoms with Crippen LogP contribution >= 0.6 is 15.9 Å². The number of nitrogens with zero attached hydrogens (tertiary/aromatic N) is 1. The second-order valence-electron chi connectivity index (χ2n) is 4.13. The molecule has 0 amide bonds. The SMILES string of the molecule is O=[N+]([O-])c1cc(F)cc(F)c1NCc1cc(Br)ccc1F. The molecule has 0 spiro atoms. The molecule has 4 nitrogen and oxygen atoms in total. The average molecular weight is 361 g/mol. The Labute approximate surface area is 125 Å². The van der Waals surface area contributed by atoms with Gasteiger partial charge in [-0.05, 0) is 18.2 Å². The Bertz CT molecular complexity index is 710. The van der Waals surface area contributed by atoms with E-state index in [0.717, 1.165) is 0 Å². The van der Waals surface area contributed by atoms with E-state index in [4.69, 9.17) is 0 Å². The largest absolute Gasteiger partial charge is 0.373 e. The lowest BCUT2D eigenvalue weighted by Gasteiger charge is -2.09. The maximum atomic E-state index is 13.6. The molecule has 21 heavy (non-hydrogen) atoms. The molecule has 0 saturated carbocycles. The third-order valence-corrected chi connectivity index (χ3v) is 3.19. The molecule has 8 heteroatoms. The van der Waals surface area contributed by atoms with E-state index in [0.29, 0.717) is 16.6 Å². The number of hydrogen-bond donors (Lipinski definition) is 1. The summed E-state index contributed by atoms with van der Waals surface area (Å²) in [5.41, 5.74) is -1.05. The van der Waals surface area contributed by atoms with Gasteiger partial charge in [0.2, 0.25) is 0 Å². The van der Waals surface area contributed by atoms with Crippen LogP contribution in [0.15, 0.2) is 34.8 Å². The Morgan fingerprint density at radius 3 is 2.52 bits per heavy atom. The predicted octanol–water partition coefficient (Wildman–Crippen LogP) is 4.39. The maximum Gasteiger partial charge on any atom is 0.298 e. The van der Waals surface area contributed by atoms with E-state index in [2.05, 4.69) is 21.2 Å². The molecular formula is C13H8BrF3N2O2. The third kappa shape index (κ3) is 3.52. The Morgan fingerprint density at radius 1 is 1.14 bits per heavy atom. The molecule has 0 aliphatic carbocycles. The van der Waals surface area contributed by atoms with Gasteiger partial charge in [-0.1, -0.05) is 15.9 Å². The van der Waals surface area contributed by atoms with E-state index in [1.54, 1.807) is 0 Å². The van der Waals surface area contributed by atoms with Crippen molar-refractivity contribution in [2.75, 3.05) is 5.32 Å². The number of halogens is 4. The minimum absolute atomic E-state index is 0.183. The molecule has 0 aliphatic heterocycles. The van der Waals surface area contributed by atoms with Gasteiger partial charge in [0.25, 0.3) is 5.69 Å². The standard InChI is InChI=1S/C13H8BrF3N2O2/c14-8-1-2-10(16)7(3-8)6-18-13-11(17)4-9(15)5-12(13)19(20)21/h1-5,18H,6H2. The molecule has 0 atom stereocenters. The van der Waals surface area contributed by atoms with Gasteiger partial charge in [0.15, 0.2) is 5.82 Å². The summed E-state index contributed by atoms with van der Waals surface area (Å²) >= 11 is 3.16. The molecule has 1 N–H and O–H groups in total. The molecule has 0 heterocycles. The maximum absolute atomic E-state index is 13.6. The molecule has 2 rings (SSSR count). The van der Waals surface area contributed by atoms with Crippen molar-refractivity contribution in [1.82, 2.24) is 0 Å². The third-order valence-electron chi connectivity index (χ3n) is 2.69. The summed E-state index contributed by atoms with van der Waals surface area (Å²) in [6.07, 6.45) is 0. The van der Waals surface area contributed by atoms with Crippen LogP contribution in [0.3, 0.4) is 0 Å². The number of hydrogen-bond acceptors (Lipinski definition) is 3. The molecule has 0 unspecified atom stereocenters. The molecule has 0 saturated heterocycles. The number of nitrogens with one attached hydrogen (secondary N) is 1. The lowest BCUT2D eigenvalue weighted by atomic mass is 10.2. The monoisotopic (exact) mass is 360 g/mol. The van der Waals surface area contributed by atoms with Crippen molar-refractivity contribution >= 4 is 27.3 Å². The van der Waals surface area contributed by atoms with E-state index < -0.39 is 33.7 Å². The first-order valence-corrected chi connectivity index (χ1v) is 6.49. The lowest BCUT2D eigenvalue weighted by molar-refractivity contribution is -0.384. The Kier molecular flexibility index (Phi) is 4.46. The highest BCUT2D eigenvalue weighted by molar-refractivity contribution is 9.10. The molecule has 2 aromatic carbocycles. The summed E-state index contributed by atoms with van der Waals surface area (Å²) in [4.78, 5) is 9.90. The number of nitro groups is 1. The van der Waals surface area contributed by atoms with E-state index in [1.807, 2.05) is 0 Å². The summed E-state index contributed by atoms with van der Waals surface area (Å²) in [5, 5.41) is 13.2. The topological polar surface area (TPSA) is 55.2 Å². The van der Waals surface area contributed by atoms with Crippen LogP contribution in [-0.2, 0) is 6.54 Å². The zero-order chi connectivity index (χ0) is 15.6. The van der Waals surface area contributed by atoms with Crippen molar-refractivity contribution in [1.29, 1.82) is 0 Å². The fraction of sp³-hybridized carbons (Fsp3) is 0.0769. The fourth-order valence-corrected chi connectivity index (χ4v) is 2.15. The molecule has 0 aliphatic rings. The van der Waals surface area contributed by atoms with Gasteiger partial charge >= 0.3 is 0 Å². The summed E-state index contributed by atoms with van der Waals surface area (Å²) in [7, 11) is 0. The van der Waals surface area contributed by atoms with Gasteiger partial charge in [-0.25, -0.2) is 13.2 Å². The van der Waals surface area contributed by atoms with Crippen LogP contribution in [0.4, 0.5) is 24.5 Å². The van der Waals surface area contributed by atoms with Gasteiger partial charge < -0.3 is 5.32 Å². The van der Waals surface area contributed by atoms with Crippen molar-refractivity contribution in [3.63, 3.8) is 0 Å². The van der Waals surface area contributed by atoms with Crippen LogP contribution in [0.25, 0.3) is 0 Å². The van der Waals surface area contributed by atoms with Gasteiger partial charge in [0, 0.05) is 22.6 Å². The fourth-order valence-electron chi connectivity index (χ4n) is 1.74. The summed E-state index contributed by atoms with van der Waals surface area (Å²) in [6.45, 7) is -0.186. The lowest BCUT2D eigenvalue weighted by Crippen LogP contribution is -2.07. The van der Waals surface area contributed by atoms with Gasteiger partial charge in [-0.3, -0.25) is 10.1 Å². The van der Waals surface area contributed by atoms with Crippen molar-refractivity contribution in [3.05, 3.63) is 67.9 Å². The second kappa shape index (κ2) is 6.13. The van der Waals surface area contributed by atoms with Gasteiger partial charge in [0.05, 0.1) is 11.0 Å². The summed E-state index contributed by atoms with van der Waals surface area (Å²) in [6, 6.07) is 5.27. The first-order valence-electron chi connectivity index (χ1n) is 5.69. The smallest absolute Gasteiger partial charge is 0.298 e. The first-order chi connectivity index (χ1) is 9.88. The molecule has 0 radical (unpaired) electrons. The number of benzene rings is 2. The highest BCUT2D eigenvalue weighted by Crippen LogP contribution is 2.29. The van der Waals surface area contributed by atoms with E-state index in [9.17, 15) is 23.3 Å². The normalized spacial score (nSPS) is 10.5. The van der Waals surface area contributed by atoms with E-state index in [1.165, 1.54) is 18.2 Å². The van der Waals surface area contributed by atoms with Crippen LogP contribution in [0, 0.1) is 27.6 Å². The minimum Gasteiger partial charge on any atom is -0.373 e. The van der Waals surface area contributed by atoms with Crippen LogP contribution in [0.2, 0.25) is 0 Å². The number of nitro benzene ring substituents is 1. The van der Waals surface area contributed by atoms with Crippen LogP contribution < -0.4 is 5.32 Å². The summed E-state index contributed by atoms with van der Waals surface area (Å²) < 4.78 is 40.8. The van der Waals surface area contributed by atoms with E-state index in [-0.39, 0.29) is 12.1 Å². The molecule has 0 aromatic heterocycles. The second-order valence-corrected chi connectivity index (χ2v) is 5.04. The number of anilines is 1. The molecule has 2 aromatic rings.